The summed E-state index contributed by atoms with van der Waals surface area (Å²) in [5.41, 5.74) is -3.57. The molecule has 8 heteroatoms. The molecular weight excluding hydrogens is 368 g/mol. The summed E-state index contributed by atoms with van der Waals surface area (Å²) in [6.07, 6.45) is 0. The lowest BCUT2D eigenvalue weighted by molar-refractivity contribution is 0.0240. The van der Waals surface area contributed by atoms with Crippen molar-refractivity contribution in [3.63, 3.8) is 0 Å². The average molecular weight is 378 g/mol. The van der Waals surface area contributed by atoms with Crippen LogP contribution in [0.1, 0.15) is 0 Å². The van der Waals surface area contributed by atoms with Gasteiger partial charge in [0.05, 0.1) is 21.5 Å². The van der Waals surface area contributed by atoms with Gasteiger partial charge in [-0.2, -0.15) is 0 Å². The molecule has 0 saturated heterocycles. The van der Waals surface area contributed by atoms with Gasteiger partial charge in [0.2, 0.25) is 0 Å². The van der Waals surface area contributed by atoms with E-state index in [0.717, 1.165) is 0 Å². The molecule has 0 aliphatic carbocycles. The largest absolute Gasteiger partial charge is 0.386 e. The Bertz CT molecular complexity index is 1410. The van der Waals surface area contributed by atoms with Gasteiger partial charge >= 0.3 is 22.5 Å². The van der Waals surface area contributed by atoms with Crippen molar-refractivity contribution in [1.29, 1.82) is 0 Å². The number of benzene rings is 3. The van der Waals surface area contributed by atoms with Crippen LogP contribution >= 0.6 is 0 Å². The molecule has 0 aliphatic heterocycles. The van der Waals surface area contributed by atoms with Crippen LogP contribution in [0, 0.1) is 0 Å². The first-order valence-corrected chi connectivity index (χ1v) is 8.01. The summed E-state index contributed by atoms with van der Waals surface area (Å²) in [6.45, 7) is 0. The molecular formula is C20H10O8. The van der Waals surface area contributed by atoms with Crippen LogP contribution in [-0.2, 0) is 0 Å². The second-order valence-corrected chi connectivity index (χ2v) is 5.84. The fourth-order valence-electron chi connectivity index (χ4n) is 2.59. The van der Waals surface area contributed by atoms with Crippen molar-refractivity contribution < 1.29 is 18.3 Å². The van der Waals surface area contributed by atoms with Crippen molar-refractivity contribution in [2.45, 2.75) is 0 Å². The third kappa shape index (κ3) is 3.26. The summed E-state index contributed by atoms with van der Waals surface area (Å²) in [4.78, 5) is 48.2. The highest BCUT2D eigenvalue weighted by molar-refractivity contribution is 5.90. The molecule has 3 aromatic carbocycles. The Morgan fingerprint density at radius 1 is 0.357 bits per heavy atom. The van der Waals surface area contributed by atoms with E-state index in [1.54, 1.807) is 12.1 Å². The molecule has 5 aromatic heterocycles. The summed E-state index contributed by atoms with van der Waals surface area (Å²) in [6, 6.07) is 14.1. The zero-order chi connectivity index (χ0) is 19.7. The molecule has 6 bridgehead atoms. The Morgan fingerprint density at radius 2 is 0.607 bits per heavy atom. The van der Waals surface area contributed by atoms with Crippen LogP contribution in [0.4, 0.5) is 0 Å². The quantitative estimate of drug-likeness (QED) is 0.428. The molecule has 0 N–H and O–H groups in total. The maximum absolute atomic E-state index is 12.1. The van der Waals surface area contributed by atoms with Gasteiger partial charge in [0, 0.05) is 0 Å². The topological polar surface area (TPSA) is 121 Å². The Kier molecular flexibility index (Phi) is 4.21. The molecule has 0 amide bonds. The molecule has 0 unspecified atom stereocenters. The molecule has 8 nitrogen and oxygen atoms in total. The summed E-state index contributed by atoms with van der Waals surface area (Å²) in [5, 5.41) is 1.64. The van der Waals surface area contributed by atoms with Gasteiger partial charge in [-0.15, -0.1) is 0 Å². The molecule has 28 heavy (non-hydrogen) atoms. The number of hydrogen-bond acceptors (Lipinski definition) is 8. The average Bonchev–Trinajstić information content (AvgIpc) is 2.74. The Balaban J connectivity index is 2.18. The molecule has 0 fully saturated rings. The SMILES string of the molecule is O=c1ooc(=O)c2ccc3cc(ccc3c2)c(=O)ooc(=O)c2ccc1cc2. The monoisotopic (exact) mass is 378 g/mol. The van der Waals surface area contributed by atoms with E-state index in [1.165, 1.54) is 48.5 Å². The molecule has 0 saturated carbocycles. The van der Waals surface area contributed by atoms with Crippen LogP contribution < -0.4 is 22.5 Å². The summed E-state index contributed by atoms with van der Waals surface area (Å²) in [5.74, 6) is 0. The van der Waals surface area contributed by atoms with E-state index < -0.39 is 22.5 Å². The predicted octanol–water partition coefficient (Wildman–Crippen LogP) is 2.65. The van der Waals surface area contributed by atoms with Gasteiger partial charge in [0.25, 0.3) is 0 Å². The van der Waals surface area contributed by atoms with Gasteiger partial charge < -0.3 is 0 Å². The molecule has 138 valence electrons. The van der Waals surface area contributed by atoms with Crippen LogP contribution in [0.15, 0.2) is 98.1 Å². The van der Waals surface area contributed by atoms with Gasteiger partial charge in [-0.3, -0.25) is 0 Å². The van der Waals surface area contributed by atoms with Gasteiger partial charge in [-0.05, 0) is 59.3 Å². The highest BCUT2D eigenvalue weighted by Crippen LogP contribution is 2.16. The number of rotatable bonds is 0. The maximum Gasteiger partial charge on any atom is 0.386 e. The van der Waals surface area contributed by atoms with E-state index in [9.17, 15) is 19.2 Å². The lowest BCUT2D eigenvalue weighted by Gasteiger charge is -1.96. The highest BCUT2D eigenvalue weighted by atomic mass is 17.0. The van der Waals surface area contributed by atoms with Crippen LogP contribution in [0.3, 0.4) is 0 Å². The smallest absolute Gasteiger partial charge is 0.242 e. The van der Waals surface area contributed by atoms with Crippen molar-refractivity contribution in [2.24, 2.45) is 0 Å². The van der Waals surface area contributed by atoms with Crippen molar-refractivity contribution in [2.75, 3.05) is 0 Å². The zero-order valence-corrected chi connectivity index (χ0v) is 14.0. The Labute approximate surface area is 153 Å². The van der Waals surface area contributed by atoms with Gasteiger partial charge in [0.15, 0.2) is 0 Å². The van der Waals surface area contributed by atoms with E-state index in [0.29, 0.717) is 10.8 Å². The van der Waals surface area contributed by atoms with Crippen molar-refractivity contribution in [3.8, 4) is 0 Å². The molecule has 8 rings (SSSR count). The second kappa shape index (κ2) is 6.84. The molecule has 0 atom stereocenters. The molecule has 0 spiro atoms. The third-order valence-electron chi connectivity index (χ3n) is 4.05. The van der Waals surface area contributed by atoms with Crippen LogP contribution in [-0.4, -0.2) is 0 Å². The lowest BCUT2D eigenvalue weighted by Crippen LogP contribution is -2.02. The van der Waals surface area contributed by atoms with Crippen molar-refractivity contribution >= 4 is 32.3 Å². The minimum absolute atomic E-state index is 0.0350. The summed E-state index contributed by atoms with van der Waals surface area (Å²) in [7, 11) is 0. The summed E-state index contributed by atoms with van der Waals surface area (Å²) >= 11 is 0. The van der Waals surface area contributed by atoms with Crippen LogP contribution in [0.5, 0.6) is 0 Å². The van der Waals surface area contributed by atoms with Gasteiger partial charge in [-0.1, -0.05) is 12.1 Å². The number of hydrogen-bond donors (Lipinski definition) is 0. The normalized spacial score (nSPS) is 10.7. The highest BCUT2D eigenvalue weighted by Gasteiger charge is 2.01. The minimum Gasteiger partial charge on any atom is -0.242 e. The van der Waals surface area contributed by atoms with E-state index in [-0.39, 0.29) is 21.5 Å². The first kappa shape index (κ1) is 17.2. The van der Waals surface area contributed by atoms with Crippen molar-refractivity contribution in [3.05, 3.63) is 102 Å². The van der Waals surface area contributed by atoms with E-state index in [2.05, 4.69) is 18.3 Å². The van der Waals surface area contributed by atoms with Crippen LogP contribution in [0.2, 0.25) is 0 Å². The maximum atomic E-state index is 12.1. The predicted molar refractivity (Wildman–Crippen MR) is 99.5 cm³/mol. The van der Waals surface area contributed by atoms with Gasteiger partial charge in [-0.25, -0.2) is 37.5 Å². The summed E-state index contributed by atoms with van der Waals surface area (Å²) < 4.78 is 18.3. The standard InChI is InChI=1S/C20H10O8/c21-17-11-1-2-12(4-3-11)18(22)26-28-20(24)16-8-6-13-9-15(19(23)27-25-17)7-5-14(13)10-16/h1-10H. The zero-order valence-electron chi connectivity index (χ0n) is 14.0. The molecule has 8 aromatic rings. The third-order valence-corrected chi connectivity index (χ3v) is 4.05. The Hall–Kier alpha value is -4.20. The van der Waals surface area contributed by atoms with E-state index >= 15 is 0 Å². The second-order valence-electron chi connectivity index (χ2n) is 5.84. The van der Waals surface area contributed by atoms with Gasteiger partial charge in [0.1, 0.15) is 0 Å². The first-order chi connectivity index (χ1) is 13.5. The molecule has 0 aliphatic rings. The fraction of sp³-hybridized carbons (Fsp3) is 0. The fourth-order valence-corrected chi connectivity index (χ4v) is 2.59. The van der Waals surface area contributed by atoms with E-state index in [4.69, 9.17) is 0 Å². The van der Waals surface area contributed by atoms with Crippen LogP contribution in [0.25, 0.3) is 32.3 Å². The Morgan fingerprint density at radius 3 is 0.964 bits per heavy atom. The first-order valence-electron chi connectivity index (χ1n) is 8.01. The molecule has 0 radical (unpaired) electrons. The minimum atomic E-state index is -0.925. The van der Waals surface area contributed by atoms with Crippen molar-refractivity contribution in [1.82, 2.24) is 0 Å². The van der Waals surface area contributed by atoms with E-state index in [1.807, 2.05) is 0 Å². The molecule has 5 heterocycles. The lowest BCUT2D eigenvalue weighted by atomic mass is 10.1.